The Kier molecular flexibility index (Phi) is 6.46. The molecule has 1 saturated carbocycles. The van der Waals surface area contributed by atoms with Crippen LogP contribution in [0.15, 0.2) is 24.7 Å². The van der Waals surface area contributed by atoms with E-state index in [1.54, 1.807) is 6.20 Å². The normalized spacial score (nSPS) is 21.5. The molecule has 1 aliphatic heterocycles. The minimum Gasteiger partial charge on any atom is -0.354 e. The summed E-state index contributed by atoms with van der Waals surface area (Å²) in [6.45, 7) is 3.47. The van der Waals surface area contributed by atoms with Crippen LogP contribution in [-0.2, 0) is 4.79 Å². The van der Waals surface area contributed by atoms with E-state index < -0.39 is 18.0 Å². The molecular formula is C23H28F2N8O2. The van der Waals surface area contributed by atoms with Crippen LogP contribution in [0.25, 0.3) is 5.65 Å². The highest BCUT2D eigenvalue weighted by atomic mass is 19.3. The van der Waals surface area contributed by atoms with Crippen LogP contribution >= 0.6 is 0 Å². The lowest BCUT2D eigenvalue weighted by Gasteiger charge is -2.33. The molecule has 1 aliphatic carbocycles. The quantitative estimate of drug-likeness (QED) is 0.535. The second-order valence-electron chi connectivity index (χ2n) is 9.27. The van der Waals surface area contributed by atoms with Crippen LogP contribution < -0.4 is 10.2 Å². The minimum absolute atomic E-state index is 0.00872. The average Bonchev–Trinajstić information content (AvgIpc) is 3.49. The number of fused-ring (bicyclic) bond motifs is 1. The molecule has 1 N–H and O–H groups in total. The molecule has 2 aliphatic rings. The molecule has 4 heterocycles. The maximum atomic E-state index is 13.7. The van der Waals surface area contributed by atoms with Gasteiger partial charge in [0.15, 0.2) is 11.3 Å². The van der Waals surface area contributed by atoms with Crippen molar-refractivity contribution < 1.29 is 18.4 Å². The highest BCUT2D eigenvalue weighted by Gasteiger charge is 2.27. The number of nitrogens with one attached hydrogen (secondary N) is 1. The Bertz CT molecular complexity index is 1210. The van der Waals surface area contributed by atoms with Crippen LogP contribution in [0.4, 0.5) is 20.3 Å². The third kappa shape index (κ3) is 4.75. The first-order valence-electron chi connectivity index (χ1n) is 11.8. The van der Waals surface area contributed by atoms with Crippen molar-refractivity contribution in [3.63, 3.8) is 0 Å². The zero-order valence-corrected chi connectivity index (χ0v) is 19.5. The molecule has 186 valence electrons. The van der Waals surface area contributed by atoms with Crippen LogP contribution in [-0.4, -0.2) is 74.7 Å². The van der Waals surface area contributed by atoms with Gasteiger partial charge in [-0.1, -0.05) is 0 Å². The predicted molar refractivity (Wildman–Crippen MR) is 125 cm³/mol. The summed E-state index contributed by atoms with van der Waals surface area (Å²) in [4.78, 5) is 33.2. The summed E-state index contributed by atoms with van der Waals surface area (Å²) in [5, 5.41) is 10.9. The molecular weight excluding hydrogens is 458 g/mol. The number of piperazine rings is 1. The molecule has 10 nitrogen and oxygen atoms in total. The zero-order valence-electron chi connectivity index (χ0n) is 19.5. The maximum absolute atomic E-state index is 13.7. The molecule has 0 atom stereocenters. The lowest BCUT2D eigenvalue weighted by molar-refractivity contribution is -0.112. The lowest BCUT2D eigenvalue weighted by Crippen LogP contribution is -2.44. The molecule has 1 amide bonds. The monoisotopic (exact) mass is 486 g/mol. The van der Waals surface area contributed by atoms with Crippen molar-refractivity contribution in [2.24, 2.45) is 5.92 Å². The van der Waals surface area contributed by atoms with Gasteiger partial charge in [-0.2, -0.15) is 10.2 Å². The number of rotatable bonds is 6. The Hall–Kier alpha value is -3.41. The highest BCUT2D eigenvalue weighted by Crippen LogP contribution is 2.34. The van der Waals surface area contributed by atoms with Crippen molar-refractivity contribution in [3.8, 4) is 0 Å². The molecule has 0 spiro atoms. The number of hydrogen-bond donors (Lipinski definition) is 1. The van der Waals surface area contributed by atoms with Gasteiger partial charge < -0.3 is 19.9 Å². The molecule has 12 heteroatoms. The van der Waals surface area contributed by atoms with Crippen LogP contribution in [0.1, 0.15) is 54.2 Å². The van der Waals surface area contributed by atoms with Gasteiger partial charge in [0.2, 0.25) is 0 Å². The van der Waals surface area contributed by atoms with Crippen molar-refractivity contribution in [2.75, 3.05) is 43.4 Å². The van der Waals surface area contributed by atoms with E-state index in [2.05, 4.69) is 37.3 Å². The summed E-state index contributed by atoms with van der Waals surface area (Å²) < 4.78 is 30.5. The second kappa shape index (κ2) is 9.68. The van der Waals surface area contributed by atoms with E-state index in [0.717, 1.165) is 38.3 Å². The van der Waals surface area contributed by atoms with E-state index >= 15 is 0 Å². The van der Waals surface area contributed by atoms with E-state index in [9.17, 15) is 18.4 Å². The van der Waals surface area contributed by atoms with E-state index in [1.807, 2.05) is 6.07 Å². The molecule has 0 aromatic carbocycles. The van der Waals surface area contributed by atoms with Crippen molar-refractivity contribution >= 4 is 29.3 Å². The first kappa shape index (κ1) is 23.3. The number of carbonyl (C=O) groups is 2. The van der Waals surface area contributed by atoms with Gasteiger partial charge in [0.25, 0.3) is 12.3 Å². The second-order valence-corrected chi connectivity index (χ2v) is 9.27. The van der Waals surface area contributed by atoms with Crippen LogP contribution in [0, 0.1) is 5.92 Å². The van der Waals surface area contributed by atoms with Crippen molar-refractivity contribution in [3.05, 3.63) is 35.9 Å². The van der Waals surface area contributed by atoms with Crippen LogP contribution in [0.2, 0.25) is 0 Å². The van der Waals surface area contributed by atoms with Gasteiger partial charge in [0, 0.05) is 44.5 Å². The minimum atomic E-state index is -2.84. The summed E-state index contributed by atoms with van der Waals surface area (Å²) in [7, 11) is 2.07. The number of aldehydes is 1. The van der Waals surface area contributed by atoms with Crippen molar-refractivity contribution in [2.45, 2.75) is 38.2 Å². The maximum Gasteiger partial charge on any atom is 0.284 e. The van der Waals surface area contributed by atoms with E-state index in [4.69, 9.17) is 0 Å². The fourth-order valence-corrected chi connectivity index (χ4v) is 4.77. The number of likely N-dealkylation sites (N-methyl/N-ethyl adjacent to an activating group) is 1. The molecule has 3 aromatic heterocycles. The lowest BCUT2D eigenvalue weighted by atomic mass is 9.87. The number of carbonyl (C=O) groups excluding carboxylic acids is 2. The van der Waals surface area contributed by atoms with Crippen LogP contribution in [0.5, 0.6) is 0 Å². The Morgan fingerprint density at radius 1 is 1.17 bits per heavy atom. The zero-order chi connectivity index (χ0) is 24.5. The average molecular weight is 487 g/mol. The molecule has 2 fully saturated rings. The Labute approximate surface area is 200 Å². The van der Waals surface area contributed by atoms with E-state index in [-0.39, 0.29) is 23.2 Å². The summed E-state index contributed by atoms with van der Waals surface area (Å²) in [6, 6.07) is 1.77. The highest BCUT2D eigenvalue weighted by molar-refractivity contribution is 6.08. The van der Waals surface area contributed by atoms with Gasteiger partial charge in [-0.3, -0.25) is 9.48 Å². The van der Waals surface area contributed by atoms with Crippen molar-refractivity contribution in [1.29, 1.82) is 0 Å². The SMILES string of the molecule is CN1CCN(c2ccn3ncc(C(=O)Nc4cn([C@H]5CC[C@H](C=O)CC5)nc4C(F)F)c3n2)CC1. The molecule has 5 rings (SSSR count). The van der Waals surface area contributed by atoms with E-state index in [1.165, 1.54) is 21.6 Å². The number of amides is 1. The number of nitrogens with zero attached hydrogens (tertiary/aromatic N) is 7. The summed E-state index contributed by atoms with van der Waals surface area (Å²) in [5.74, 6) is 0.177. The summed E-state index contributed by atoms with van der Waals surface area (Å²) in [6.07, 6.45) is 5.44. The van der Waals surface area contributed by atoms with E-state index in [0.29, 0.717) is 31.3 Å². The number of anilines is 2. The fraction of sp³-hybridized carbons (Fsp3) is 0.522. The number of alkyl halides is 2. The third-order valence-electron chi connectivity index (χ3n) is 6.95. The van der Waals surface area contributed by atoms with Gasteiger partial charge in [-0.25, -0.2) is 18.3 Å². The summed E-state index contributed by atoms with van der Waals surface area (Å²) in [5.41, 5.74) is 0.0491. The molecule has 0 radical (unpaired) electrons. The number of halogens is 2. The molecule has 1 saturated heterocycles. The van der Waals surface area contributed by atoms with Gasteiger partial charge in [-0.05, 0) is 38.8 Å². The molecule has 0 unspecified atom stereocenters. The Balaban J connectivity index is 1.37. The largest absolute Gasteiger partial charge is 0.354 e. The first-order valence-corrected chi connectivity index (χ1v) is 11.8. The van der Waals surface area contributed by atoms with Gasteiger partial charge in [-0.15, -0.1) is 0 Å². The van der Waals surface area contributed by atoms with Gasteiger partial charge in [0.05, 0.1) is 17.9 Å². The van der Waals surface area contributed by atoms with Crippen LogP contribution in [0.3, 0.4) is 0 Å². The molecule has 0 bridgehead atoms. The first-order chi connectivity index (χ1) is 16.9. The third-order valence-corrected chi connectivity index (χ3v) is 6.95. The van der Waals surface area contributed by atoms with Crippen molar-refractivity contribution in [1.82, 2.24) is 29.3 Å². The number of aromatic nitrogens is 5. The standard InChI is InChI=1S/C23H28F2N8O2/c1-30-8-10-31(11-9-30)19-6-7-32-22(28-19)17(12-26-32)23(35)27-18-13-33(29-20(18)21(24)25)16-4-2-15(14-34)3-5-16/h6-7,12-16,21H,2-5,8-11H2,1H3,(H,27,35)/t15-,16-. The molecule has 35 heavy (non-hydrogen) atoms. The molecule has 3 aromatic rings. The van der Waals surface area contributed by atoms with Gasteiger partial charge in [0.1, 0.15) is 17.7 Å². The fourth-order valence-electron chi connectivity index (χ4n) is 4.77. The predicted octanol–water partition coefficient (Wildman–Crippen LogP) is 2.80. The topological polar surface area (TPSA) is 101 Å². The van der Waals surface area contributed by atoms with Gasteiger partial charge >= 0.3 is 0 Å². The smallest absolute Gasteiger partial charge is 0.284 e. The Morgan fingerprint density at radius 3 is 2.60 bits per heavy atom. The Morgan fingerprint density at radius 2 is 1.91 bits per heavy atom. The number of hydrogen-bond acceptors (Lipinski definition) is 7. The summed E-state index contributed by atoms with van der Waals surface area (Å²) >= 11 is 0.